The van der Waals surface area contributed by atoms with E-state index in [-0.39, 0.29) is 24.9 Å². The lowest BCUT2D eigenvalue weighted by molar-refractivity contribution is -0.140. The zero-order valence-electron chi connectivity index (χ0n) is 23.0. The van der Waals surface area contributed by atoms with Crippen LogP contribution < -0.4 is 14.8 Å². The summed E-state index contributed by atoms with van der Waals surface area (Å²) in [4.78, 5) is 27.3. The van der Waals surface area contributed by atoms with E-state index < -0.39 is 11.9 Å². The summed E-state index contributed by atoms with van der Waals surface area (Å²) in [5.41, 5.74) is 4.67. The molecular formula is C34H35NO5. The molecule has 0 bridgehead atoms. The van der Waals surface area contributed by atoms with Crippen molar-refractivity contribution in [1.82, 2.24) is 5.32 Å². The van der Waals surface area contributed by atoms with Crippen molar-refractivity contribution in [2.24, 2.45) is 0 Å². The van der Waals surface area contributed by atoms with Crippen molar-refractivity contribution >= 4 is 11.8 Å². The van der Waals surface area contributed by atoms with Crippen molar-refractivity contribution in [3.8, 4) is 11.5 Å². The summed E-state index contributed by atoms with van der Waals surface area (Å²) in [5, 5.41) is 3.42. The molecule has 6 heteroatoms. The number of esters is 1. The molecular weight excluding hydrogens is 502 g/mol. The minimum atomic E-state index is -0.525. The molecule has 6 nitrogen and oxygen atoms in total. The molecule has 0 radical (unpaired) electrons. The number of hydrogen-bond donors (Lipinski definition) is 1. The van der Waals surface area contributed by atoms with E-state index in [1.807, 2.05) is 79.7 Å². The van der Waals surface area contributed by atoms with Crippen LogP contribution in [0.25, 0.3) is 0 Å². The normalized spacial score (nSPS) is 18.6. The molecule has 0 saturated heterocycles. The number of Topliss-reactive ketones (excluding diaryl/α,β-unsaturated/α-hetero) is 1. The molecule has 2 aliphatic rings. The Labute approximate surface area is 235 Å². The van der Waals surface area contributed by atoms with Gasteiger partial charge in [-0.25, -0.2) is 4.79 Å². The highest BCUT2D eigenvalue weighted by Gasteiger charge is 2.41. The van der Waals surface area contributed by atoms with E-state index in [9.17, 15) is 9.59 Å². The van der Waals surface area contributed by atoms with Gasteiger partial charge in [0.15, 0.2) is 5.78 Å². The van der Waals surface area contributed by atoms with Crippen LogP contribution in [0.5, 0.6) is 11.5 Å². The summed E-state index contributed by atoms with van der Waals surface area (Å²) < 4.78 is 17.2. The third-order valence-electron chi connectivity index (χ3n) is 7.33. The van der Waals surface area contributed by atoms with Crippen LogP contribution in [-0.4, -0.2) is 31.6 Å². The minimum Gasteiger partial charge on any atom is -0.494 e. The largest absolute Gasteiger partial charge is 0.494 e. The minimum absolute atomic E-state index is 0.0455. The Morgan fingerprint density at radius 2 is 1.45 bits per heavy atom. The van der Waals surface area contributed by atoms with E-state index in [2.05, 4.69) is 24.4 Å². The number of para-hydroxylation sites is 1. The molecule has 1 aliphatic carbocycles. The third kappa shape index (κ3) is 6.12. The second-order valence-electron chi connectivity index (χ2n) is 10.1. The fourth-order valence-corrected chi connectivity index (χ4v) is 5.47. The van der Waals surface area contributed by atoms with E-state index in [1.165, 1.54) is 0 Å². The Kier molecular flexibility index (Phi) is 8.65. The van der Waals surface area contributed by atoms with Gasteiger partial charge in [-0.05, 0) is 61.1 Å². The van der Waals surface area contributed by atoms with E-state index in [0.29, 0.717) is 42.0 Å². The van der Waals surface area contributed by atoms with Crippen molar-refractivity contribution in [1.29, 1.82) is 0 Å². The standard InChI is InChI=1S/C34H35NO5/c1-3-18-38-28-16-14-25(15-17-28)32-31(34(37)40-20-19-39-27-12-8-5-9-13-27)23(2)35-29-21-26(22-30(36)33(29)32)24-10-6-4-7-11-24/h4-17,26,32,35H,3,18-22H2,1-2H3/t26-,32-/m0/s1. The maximum atomic E-state index is 13.8. The highest BCUT2D eigenvalue weighted by atomic mass is 16.6. The summed E-state index contributed by atoms with van der Waals surface area (Å²) in [5.74, 6) is 0.625. The average Bonchev–Trinajstić information content (AvgIpc) is 2.98. The number of dihydropyridines is 1. The first-order chi connectivity index (χ1) is 19.5. The Bertz CT molecular complexity index is 1390. The lowest BCUT2D eigenvalue weighted by Crippen LogP contribution is -2.36. The number of nitrogens with one attached hydrogen (secondary N) is 1. The first-order valence-corrected chi connectivity index (χ1v) is 13.9. The molecule has 0 saturated carbocycles. The van der Waals surface area contributed by atoms with Crippen molar-refractivity contribution in [3.05, 3.63) is 119 Å². The van der Waals surface area contributed by atoms with Crippen LogP contribution in [0.1, 0.15) is 56.1 Å². The molecule has 1 heterocycles. The molecule has 206 valence electrons. The summed E-state index contributed by atoms with van der Waals surface area (Å²) in [6, 6.07) is 27.2. The zero-order valence-corrected chi connectivity index (χ0v) is 23.0. The van der Waals surface area contributed by atoms with Gasteiger partial charge in [-0.3, -0.25) is 4.79 Å². The topological polar surface area (TPSA) is 73.9 Å². The lowest BCUT2D eigenvalue weighted by atomic mass is 9.72. The van der Waals surface area contributed by atoms with Gasteiger partial charge < -0.3 is 19.5 Å². The number of ether oxygens (including phenoxy) is 3. The second-order valence-corrected chi connectivity index (χ2v) is 10.1. The molecule has 5 rings (SSSR count). The van der Waals surface area contributed by atoms with Crippen molar-refractivity contribution in [2.75, 3.05) is 19.8 Å². The Morgan fingerprint density at radius 1 is 0.800 bits per heavy atom. The Balaban J connectivity index is 1.41. The number of ketones is 1. The van der Waals surface area contributed by atoms with Gasteiger partial charge in [0.25, 0.3) is 0 Å². The van der Waals surface area contributed by atoms with Crippen LogP contribution in [0, 0.1) is 0 Å². The molecule has 0 spiro atoms. The van der Waals surface area contributed by atoms with Crippen LogP contribution in [0.4, 0.5) is 0 Å². The van der Waals surface area contributed by atoms with Gasteiger partial charge in [0.1, 0.15) is 24.7 Å². The predicted molar refractivity (Wildman–Crippen MR) is 154 cm³/mol. The van der Waals surface area contributed by atoms with Crippen molar-refractivity contribution in [3.63, 3.8) is 0 Å². The maximum Gasteiger partial charge on any atom is 0.336 e. The SMILES string of the molecule is CCCOc1ccc([C@H]2C(C(=O)OCCOc3ccccc3)=C(C)NC3=C2C(=O)C[C@@H](c2ccccc2)C3)cc1. The molecule has 40 heavy (non-hydrogen) atoms. The Hall–Kier alpha value is -4.32. The highest BCUT2D eigenvalue weighted by Crippen LogP contribution is 2.45. The highest BCUT2D eigenvalue weighted by molar-refractivity contribution is 6.04. The maximum absolute atomic E-state index is 13.8. The van der Waals surface area contributed by atoms with E-state index in [4.69, 9.17) is 14.2 Å². The van der Waals surface area contributed by atoms with Gasteiger partial charge in [0.2, 0.25) is 0 Å². The molecule has 0 fully saturated rings. The summed E-state index contributed by atoms with van der Waals surface area (Å²) >= 11 is 0. The van der Waals surface area contributed by atoms with E-state index in [0.717, 1.165) is 29.0 Å². The number of carbonyl (C=O) groups excluding carboxylic acids is 2. The summed E-state index contributed by atoms with van der Waals surface area (Å²) in [6.45, 7) is 4.89. The monoisotopic (exact) mass is 537 g/mol. The molecule has 0 unspecified atom stereocenters. The van der Waals surface area contributed by atoms with Gasteiger partial charge in [0, 0.05) is 29.3 Å². The summed E-state index contributed by atoms with van der Waals surface area (Å²) in [6.07, 6.45) is 2.00. The molecule has 3 aromatic carbocycles. The average molecular weight is 538 g/mol. The Morgan fingerprint density at radius 3 is 2.15 bits per heavy atom. The van der Waals surface area contributed by atoms with Crippen LogP contribution >= 0.6 is 0 Å². The van der Waals surface area contributed by atoms with Gasteiger partial charge in [-0.1, -0.05) is 67.6 Å². The number of hydrogen-bond acceptors (Lipinski definition) is 6. The predicted octanol–water partition coefficient (Wildman–Crippen LogP) is 6.46. The molecule has 2 atom stereocenters. The first-order valence-electron chi connectivity index (χ1n) is 13.9. The molecule has 3 aromatic rings. The van der Waals surface area contributed by atoms with Crippen LogP contribution in [0.2, 0.25) is 0 Å². The number of rotatable bonds is 10. The lowest BCUT2D eigenvalue weighted by Gasteiger charge is -2.36. The first kappa shape index (κ1) is 27.3. The molecule has 0 amide bonds. The van der Waals surface area contributed by atoms with Crippen LogP contribution in [0.15, 0.2) is 107 Å². The number of carbonyl (C=O) groups is 2. The second kappa shape index (κ2) is 12.7. The van der Waals surface area contributed by atoms with Crippen molar-refractivity contribution in [2.45, 2.75) is 44.9 Å². The fourth-order valence-electron chi connectivity index (χ4n) is 5.47. The zero-order chi connectivity index (χ0) is 27.9. The smallest absolute Gasteiger partial charge is 0.336 e. The number of allylic oxidation sites excluding steroid dienone is 3. The van der Waals surface area contributed by atoms with Crippen LogP contribution in [-0.2, 0) is 14.3 Å². The van der Waals surface area contributed by atoms with Gasteiger partial charge in [0.05, 0.1) is 12.2 Å². The van der Waals surface area contributed by atoms with Crippen LogP contribution in [0.3, 0.4) is 0 Å². The van der Waals surface area contributed by atoms with E-state index in [1.54, 1.807) is 0 Å². The molecule has 1 N–H and O–H groups in total. The van der Waals surface area contributed by atoms with Gasteiger partial charge in [-0.15, -0.1) is 0 Å². The molecule has 1 aliphatic heterocycles. The summed E-state index contributed by atoms with van der Waals surface area (Å²) in [7, 11) is 0. The quantitative estimate of drug-likeness (QED) is 0.236. The third-order valence-corrected chi connectivity index (χ3v) is 7.33. The van der Waals surface area contributed by atoms with Gasteiger partial charge in [-0.2, -0.15) is 0 Å². The molecule has 0 aromatic heterocycles. The van der Waals surface area contributed by atoms with E-state index >= 15 is 0 Å². The van der Waals surface area contributed by atoms with Crippen molar-refractivity contribution < 1.29 is 23.8 Å². The fraction of sp³-hybridized carbons (Fsp3) is 0.294. The van der Waals surface area contributed by atoms with Gasteiger partial charge >= 0.3 is 5.97 Å². The number of benzene rings is 3.